The minimum atomic E-state index is -0.219. The van der Waals surface area contributed by atoms with Crippen LogP contribution >= 0.6 is 0 Å². The van der Waals surface area contributed by atoms with Gasteiger partial charge in [0.25, 0.3) is 0 Å². The van der Waals surface area contributed by atoms with Gasteiger partial charge in [0.15, 0.2) is 0 Å². The molecule has 28 nitrogen and oxygen atoms in total. The van der Waals surface area contributed by atoms with Gasteiger partial charge >= 0.3 is 0 Å². The molecule has 0 radical (unpaired) electrons. The van der Waals surface area contributed by atoms with Gasteiger partial charge in [-0.25, -0.2) is 33.5 Å². The standard InChI is InChI=1S/C26H36N6O4.C26H36N6O3.C26H34N6O3/c1-15-12-35-25-23(14-36-24(15)25)31-11-18(9-28-31)20-8-21(17-4-6-19(33)7-5-17)32-22(20)10-27-26(30-32)29-16(2)13-34-3;1-16(14-34-2)29-26-27-12-23-21(10-22(32(23)30-26)17-6-8-19(33)9-7-17)18-11-28-31(13-18)24-15-35-25-5-3-4-20(24)25;1-17(16-35-2)29-26-28-15-23-21(14-22(32(23)30-26)18-6-8-20(33)9-7-18)19-10-11-27-24(13-19)31-12-4-3-5-25(31)34/h8-11,15-17,19,23-25,33H,4-7,12-14H2,1-3H3,(H,29,30);10-13,16-17,19-20,24-25,33H,3-9,14-15H2,1-2H3,(H,29,30);10-11,13-15,17-18,20,33H,3-9,12,16H2,1-2H3,(H,29,30)/t15-,16+,17?,19?,23+,24-,25-;16-,17?,19?,20-,24+,25-;17-,18?,20?/m100/s1. The molecule has 8 aliphatic rings. The smallest absolute Gasteiger partial charge is 0.241 e. The van der Waals surface area contributed by atoms with Crippen molar-refractivity contribution < 1.29 is 48.5 Å². The molecule has 1 amide bonds. The number of carbonyl (C=O) groups excluding carboxylic acids is 1. The fourth-order valence-corrected chi connectivity index (χ4v) is 17.7. The maximum absolute atomic E-state index is 12.5. The van der Waals surface area contributed by atoms with E-state index < -0.39 is 0 Å². The zero-order valence-electron chi connectivity index (χ0n) is 62.3. The molecule has 4 saturated heterocycles. The molecule has 0 bridgehead atoms. The van der Waals surface area contributed by atoms with Crippen molar-refractivity contribution in [2.45, 2.75) is 228 Å². The number of carbonyl (C=O) groups is 1. The molecule has 6 N–H and O–H groups in total. The van der Waals surface area contributed by atoms with Crippen molar-refractivity contribution in [1.82, 2.24) is 68.3 Å². The number of piperidine rings is 1. The van der Waals surface area contributed by atoms with Crippen LogP contribution in [0.25, 0.3) is 49.9 Å². The Balaban J connectivity index is 0.000000127. The summed E-state index contributed by atoms with van der Waals surface area (Å²) < 4.78 is 44.1. The molecule has 4 aliphatic heterocycles. The largest absolute Gasteiger partial charge is 0.393 e. The van der Waals surface area contributed by atoms with E-state index in [1.54, 1.807) is 32.4 Å². The van der Waals surface area contributed by atoms with E-state index >= 15 is 0 Å². The van der Waals surface area contributed by atoms with Crippen molar-refractivity contribution in [3.05, 3.63) is 97.0 Å². The molecule has 0 unspecified atom stereocenters. The van der Waals surface area contributed by atoms with Crippen LogP contribution in [-0.2, 0) is 33.2 Å². The van der Waals surface area contributed by atoms with E-state index in [-0.39, 0.29) is 60.6 Å². The number of aliphatic hydroxyl groups excluding tert-OH is 3. The molecule has 28 heteroatoms. The van der Waals surface area contributed by atoms with Crippen LogP contribution in [0, 0.1) is 11.8 Å². The van der Waals surface area contributed by atoms with Crippen molar-refractivity contribution in [1.29, 1.82) is 0 Å². The minimum Gasteiger partial charge on any atom is -0.393 e. The molecule has 8 fully saturated rings. The molecular formula is C78H106N18O10. The highest BCUT2D eigenvalue weighted by atomic mass is 16.6. The van der Waals surface area contributed by atoms with Gasteiger partial charge in [-0.3, -0.25) is 19.1 Å². The number of aliphatic hydroxyl groups is 3. The number of nitrogens with zero attached hydrogens (tertiary/aromatic N) is 15. The number of fused-ring (bicyclic) bond motifs is 5. The Morgan fingerprint density at radius 2 is 0.962 bits per heavy atom. The van der Waals surface area contributed by atoms with Crippen LogP contribution in [-0.4, -0.2) is 212 Å². The van der Waals surface area contributed by atoms with E-state index in [4.69, 9.17) is 53.9 Å². The van der Waals surface area contributed by atoms with Crippen LogP contribution in [0.4, 0.5) is 23.7 Å². The molecule has 568 valence electrons. The summed E-state index contributed by atoms with van der Waals surface area (Å²) in [6.45, 7) is 12.8. The summed E-state index contributed by atoms with van der Waals surface area (Å²) in [5.74, 6) is 4.53. The second kappa shape index (κ2) is 32.8. The van der Waals surface area contributed by atoms with Crippen molar-refractivity contribution in [3.8, 4) is 33.4 Å². The van der Waals surface area contributed by atoms with Gasteiger partial charge in [-0.05, 0) is 159 Å². The summed E-state index contributed by atoms with van der Waals surface area (Å²) in [6.07, 6.45) is 32.3. The quantitative estimate of drug-likeness (QED) is 0.0389. The van der Waals surface area contributed by atoms with E-state index in [1.807, 2.05) is 70.7 Å². The number of pyridine rings is 1. The SMILES string of the molecule is COC[C@H](C)Nc1ncc2c(-c3ccnc(N4CCCCC4=O)c3)cc(C3CCC(O)CC3)n2n1.COC[C@H](C)Nc1ncc2c(-c3cnn([C@@H]4CO[C@H]5CCC[C@H]54)c3)cc(C3CCC(O)CC3)n2n1.COC[C@H](C)Nc1ncc2c(-c3cnn([C@H]4CO[C@H]5[C@@H]4OC[C@H]5C)c3)cc(C3CCC(O)CC3)n2n1. The molecule has 13 heterocycles. The number of hydrogen-bond donors (Lipinski definition) is 6. The lowest BCUT2D eigenvalue weighted by Gasteiger charge is -2.26. The zero-order valence-corrected chi connectivity index (χ0v) is 62.3. The summed E-state index contributed by atoms with van der Waals surface area (Å²) in [5, 5.41) is 64.3. The molecule has 4 saturated carbocycles. The summed E-state index contributed by atoms with van der Waals surface area (Å²) in [7, 11) is 5.06. The topological polar surface area (TPSA) is 312 Å². The van der Waals surface area contributed by atoms with E-state index in [1.165, 1.54) is 25.0 Å². The molecule has 106 heavy (non-hydrogen) atoms. The van der Waals surface area contributed by atoms with Crippen LogP contribution in [0.1, 0.15) is 190 Å². The molecular weight excluding hydrogens is 1350 g/mol. The lowest BCUT2D eigenvalue weighted by atomic mass is 9.85. The van der Waals surface area contributed by atoms with Gasteiger partial charge in [-0.1, -0.05) is 13.3 Å². The Hall–Kier alpha value is -8.06. The molecule has 9 aromatic heterocycles. The minimum absolute atomic E-state index is 0.0498. The Bertz CT molecular complexity index is 4430. The van der Waals surface area contributed by atoms with Crippen molar-refractivity contribution in [3.63, 3.8) is 0 Å². The second-order valence-electron chi connectivity index (χ2n) is 31.1. The number of rotatable bonds is 21. The van der Waals surface area contributed by atoms with Gasteiger partial charge in [0.1, 0.15) is 18.0 Å². The maximum atomic E-state index is 12.5. The average molecular weight is 1460 g/mol. The Morgan fingerprint density at radius 1 is 0.509 bits per heavy atom. The number of nitrogens with one attached hydrogen (secondary N) is 3. The Morgan fingerprint density at radius 3 is 1.43 bits per heavy atom. The third-order valence-corrected chi connectivity index (χ3v) is 23.3. The highest BCUT2D eigenvalue weighted by Gasteiger charge is 2.47. The van der Waals surface area contributed by atoms with Crippen LogP contribution < -0.4 is 20.9 Å². The maximum Gasteiger partial charge on any atom is 0.241 e. The van der Waals surface area contributed by atoms with E-state index in [2.05, 4.69) is 89.5 Å². The van der Waals surface area contributed by atoms with Crippen molar-refractivity contribution in [2.75, 3.05) is 88.4 Å². The Labute approximate surface area is 618 Å². The summed E-state index contributed by atoms with van der Waals surface area (Å²) in [5.41, 5.74) is 12.6. The van der Waals surface area contributed by atoms with Gasteiger partial charge in [-0.15, -0.1) is 15.3 Å². The van der Waals surface area contributed by atoms with Gasteiger partial charge in [0, 0.05) is 145 Å². The summed E-state index contributed by atoms with van der Waals surface area (Å²) >= 11 is 0. The van der Waals surface area contributed by atoms with Crippen LogP contribution in [0.15, 0.2) is 79.9 Å². The third kappa shape index (κ3) is 15.8. The first-order chi connectivity index (χ1) is 51.6. The normalized spacial score (nSPS) is 27.5. The van der Waals surface area contributed by atoms with E-state index in [0.29, 0.717) is 105 Å². The van der Waals surface area contributed by atoms with Gasteiger partial charge < -0.3 is 59.7 Å². The van der Waals surface area contributed by atoms with Gasteiger partial charge in [0.2, 0.25) is 23.8 Å². The first-order valence-corrected chi connectivity index (χ1v) is 38.8. The first kappa shape index (κ1) is 73.5. The lowest BCUT2D eigenvalue weighted by molar-refractivity contribution is -0.119. The highest BCUT2D eigenvalue weighted by Crippen LogP contribution is 2.46. The fourth-order valence-electron chi connectivity index (χ4n) is 17.7. The molecule has 17 rings (SSSR count). The number of hydrogen-bond acceptors (Lipinski definition) is 22. The number of ether oxygens (including phenoxy) is 6. The molecule has 0 aromatic carbocycles. The lowest BCUT2D eigenvalue weighted by Crippen LogP contribution is -2.35. The monoisotopic (exact) mass is 1450 g/mol. The first-order valence-electron chi connectivity index (χ1n) is 38.8. The second-order valence-corrected chi connectivity index (χ2v) is 31.1. The predicted molar refractivity (Wildman–Crippen MR) is 401 cm³/mol. The zero-order chi connectivity index (χ0) is 73.1. The summed E-state index contributed by atoms with van der Waals surface area (Å²) in [6, 6.07) is 11.3. The number of anilines is 4. The van der Waals surface area contributed by atoms with Gasteiger partial charge in [-0.2, -0.15) is 10.2 Å². The fraction of sp³-hybridized carbons (Fsp3) is 0.615. The molecule has 0 spiro atoms. The molecule has 9 aromatic rings. The number of amides is 1. The highest BCUT2D eigenvalue weighted by molar-refractivity contribution is 5.94. The summed E-state index contributed by atoms with van der Waals surface area (Å²) in [4.78, 5) is 32.6. The van der Waals surface area contributed by atoms with Crippen LogP contribution in [0.5, 0.6) is 0 Å². The average Bonchev–Trinajstić information content (AvgIpc) is 1.61. The molecule has 10 atom stereocenters. The number of aromatic nitrogens is 14. The van der Waals surface area contributed by atoms with Crippen LogP contribution in [0.3, 0.4) is 0 Å². The predicted octanol–water partition coefficient (Wildman–Crippen LogP) is 10.6. The van der Waals surface area contributed by atoms with Crippen LogP contribution in [0.2, 0.25) is 0 Å². The number of methoxy groups -OCH3 is 3. The van der Waals surface area contributed by atoms with Crippen molar-refractivity contribution in [2.24, 2.45) is 11.8 Å². The molecule has 4 aliphatic carbocycles. The third-order valence-electron chi connectivity index (χ3n) is 23.3. The Kier molecular flexibility index (Phi) is 22.7. The van der Waals surface area contributed by atoms with E-state index in [9.17, 15) is 20.1 Å². The van der Waals surface area contributed by atoms with Gasteiger partial charge in [0.05, 0.1) is 124 Å². The van der Waals surface area contributed by atoms with E-state index in [0.717, 1.165) is 164 Å². The van der Waals surface area contributed by atoms with Crippen molar-refractivity contribution >= 4 is 46.1 Å².